The number of aliphatic hydroxyl groups is 1. The van der Waals surface area contributed by atoms with Gasteiger partial charge >= 0.3 is 0 Å². The van der Waals surface area contributed by atoms with Crippen LogP contribution in [-0.4, -0.2) is 18.3 Å². The molecule has 1 aliphatic rings. The quantitative estimate of drug-likeness (QED) is 0.815. The van der Waals surface area contributed by atoms with Crippen LogP contribution in [0.1, 0.15) is 18.4 Å². The molecule has 0 heterocycles. The smallest absolute Gasteiger partial charge is 0.132 e. The van der Waals surface area contributed by atoms with Crippen molar-refractivity contribution in [2.45, 2.75) is 24.5 Å². The summed E-state index contributed by atoms with van der Waals surface area (Å²) in [6.45, 7) is 0. The van der Waals surface area contributed by atoms with E-state index in [-0.39, 0.29) is 11.7 Å². The number of halogens is 2. The molecule has 82 valence electrons. The summed E-state index contributed by atoms with van der Waals surface area (Å²) in [4.78, 5) is 0. The van der Waals surface area contributed by atoms with Crippen LogP contribution in [0.25, 0.3) is 0 Å². The second-order valence-electron chi connectivity index (χ2n) is 3.92. The minimum Gasteiger partial charge on any atom is -0.385 e. The van der Waals surface area contributed by atoms with Crippen molar-refractivity contribution in [2.24, 2.45) is 0 Å². The van der Waals surface area contributed by atoms with E-state index in [1.54, 1.807) is 7.11 Å². The van der Waals surface area contributed by atoms with E-state index < -0.39 is 17.2 Å². The molecule has 0 aliphatic heterocycles. The summed E-state index contributed by atoms with van der Waals surface area (Å²) in [5, 5.41) is 10.0. The maximum Gasteiger partial charge on any atom is 0.132 e. The maximum atomic E-state index is 13.4. The van der Waals surface area contributed by atoms with Gasteiger partial charge in [0.15, 0.2) is 0 Å². The number of hydrogen-bond acceptors (Lipinski definition) is 2. The van der Waals surface area contributed by atoms with E-state index in [9.17, 15) is 13.9 Å². The molecule has 1 aliphatic carbocycles. The fraction of sp³-hybridized carbons (Fsp3) is 0.455. The van der Waals surface area contributed by atoms with E-state index in [0.717, 1.165) is 12.1 Å². The third kappa shape index (κ3) is 1.75. The molecule has 0 unspecified atom stereocenters. The van der Waals surface area contributed by atoms with Crippen molar-refractivity contribution in [2.75, 3.05) is 7.11 Å². The average molecular weight is 214 g/mol. The molecule has 0 aromatic heterocycles. The summed E-state index contributed by atoms with van der Waals surface area (Å²) in [5.41, 5.74) is -1.05. The third-order valence-electron chi connectivity index (χ3n) is 2.90. The van der Waals surface area contributed by atoms with Gasteiger partial charge in [0.25, 0.3) is 0 Å². The maximum absolute atomic E-state index is 13.4. The van der Waals surface area contributed by atoms with Crippen LogP contribution < -0.4 is 0 Å². The van der Waals surface area contributed by atoms with Crippen LogP contribution in [0.15, 0.2) is 18.2 Å². The van der Waals surface area contributed by atoms with Gasteiger partial charge in [-0.2, -0.15) is 0 Å². The monoisotopic (exact) mass is 214 g/mol. The molecule has 0 atom stereocenters. The van der Waals surface area contributed by atoms with Gasteiger partial charge in [-0.05, 0) is 6.07 Å². The predicted molar refractivity (Wildman–Crippen MR) is 50.3 cm³/mol. The molecule has 4 heteroatoms. The lowest BCUT2D eigenvalue weighted by Crippen LogP contribution is -2.46. The Hall–Kier alpha value is -1.00. The van der Waals surface area contributed by atoms with Crippen molar-refractivity contribution in [3.05, 3.63) is 35.4 Å². The largest absolute Gasteiger partial charge is 0.385 e. The molecule has 0 spiro atoms. The van der Waals surface area contributed by atoms with Gasteiger partial charge in [0, 0.05) is 31.6 Å². The van der Waals surface area contributed by atoms with E-state index in [1.165, 1.54) is 6.07 Å². The van der Waals surface area contributed by atoms with Gasteiger partial charge in [0.1, 0.15) is 11.6 Å². The fourth-order valence-corrected chi connectivity index (χ4v) is 1.95. The zero-order chi connectivity index (χ0) is 11.1. The van der Waals surface area contributed by atoms with E-state index in [2.05, 4.69) is 0 Å². The second-order valence-corrected chi connectivity index (χ2v) is 3.92. The highest BCUT2D eigenvalue weighted by molar-refractivity contribution is 5.28. The van der Waals surface area contributed by atoms with Crippen molar-refractivity contribution < 1.29 is 18.6 Å². The number of benzene rings is 1. The molecule has 15 heavy (non-hydrogen) atoms. The van der Waals surface area contributed by atoms with Gasteiger partial charge in [-0.1, -0.05) is 6.07 Å². The van der Waals surface area contributed by atoms with E-state index in [4.69, 9.17) is 4.74 Å². The number of rotatable bonds is 2. The molecule has 1 fully saturated rings. The van der Waals surface area contributed by atoms with Crippen LogP contribution in [0.2, 0.25) is 0 Å². The van der Waals surface area contributed by atoms with Crippen molar-refractivity contribution in [3.8, 4) is 0 Å². The molecule has 1 aromatic rings. The Balaban J connectivity index is 2.24. The van der Waals surface area contributed by atoms with Crippen LogP contribution in [0, 0.1) is 11.6 Å². The first-order valence-corrected chi connectivity index (χ1v) is 4.76. The zero-order valence-corrected chi connectivity index (χ0v) is 8.34. The SMILES string of the molecule is COC1CC(O)(c2ccc(F)cc2F)C1. The molecule has 2 nitrogen and oxygen atoms in total. The van der Waals surface area contributed by atoms with Gasteiger partial charge in [-0.3, -0.25) is 0 Å². The molecule has 1 saturated carbocycles. The summed E-state index contributed by atoms with van der Waals surface area (Å²) in [7, 11) is 1.55. The lowest BCUT2D eigenvalue weighted by molar-refractivity contribution is -0.134. The summed E-state index contributed by atoms with van der Waals surface area (Å²) in [5.74, 6) is -1.34. The molecule has 0 bridgehead atoms. The highest BCUT2D eigenvalue weighted by Crippen LogP contribution is 2.43. The van der Waals surface area contributed by atoms with E-state index >= 15 is 0 Å². The predicted octanol–water partition coefficient (Wildman–Crippen LogP) is 1.96. The standard InChI is InChI=1S/C11H12F2O2/c1-15-8-5-11(14,6-8)9-3-2-7(12)4-10(9)13/h2-4,8,14H,5-6H2,1H3. The van der Waals surface area contributed by atoms with Crippen LogP contribution in [0.3, 0.4) is 0 Å². The second kappa shape index (κ2) is 3.54. The summed E-state index contributed by atoms with van der Waals surface area (Å²) in [6.07, 6.45) is 0.664. The Kier molecular flexibility index (Phi) is 2.48. The topological polar surface area (TPSA) is 29.5 Å². The third-order valence-corrected chi connectivity index (χ3v) is 2.90. The molecule has 1 N–H and O–H groups in total. The summed E-state index contributed by atoms with van der Waals surface area (Å²) < 4.78 is 31.0. The Morgan fingerprint density at radius 2 is 2.07 bits per heavy atom. The van der Waals surface area contributed by atoms with E-state index in [0.29, 0.717) is 12.8 Å². The Morgan fingerprint density at radius 1 is 1.40 bits per heavy atom. The average Bonchev–Trinajstić information content (AvgIpc) is 2.12. The number of methoxy groups -OCH3 is 1. The minimum atomic E-state index is -1.20. The Morgan fingerprint density at radius 3 is 2.60 bits per heavy atom. The molecule has 0 saturated heterocycles. The van der Waals surface area contributed by atoms with Crippen molar-refractivity contribution in [3.63, 3.8) is 0 Å². The van der Waals surface area contributed by atoms with Crippen molar-refractivity contribution >= 4 is 0 Å². The minimum absolute atomic E-state index is 0.0422. The molecule has 0 radical (unpaired) electrons. The van der Waals surface area contributed by atoms with Crippen LogP contribution in [0.5, 0.6) is 0 Å². The van der Waals surface area contributed by atoms with Crippen LogP contribution in [0.4, 0.5) is 8.78 Å². The summed E-state index contributed by atoms with van der Waals surface area (Å²) >= 11 is 0. The fourth-order valence-electron chi connectivity index (χ4n) is 1.95. The number of ether oxygens (including phenoxy) is 1. The molecular weight excluding hydrogens is 202 g/mol. The molecular formula is C11H12F2O2. The van der Waals surface area contributed by atoms with Crippen molar-refractivity contribution in [1.82, 2.24) is 0 Å². The lowest BCUT2D eigenvalue weighted by atomic mass is 9.72. The Labute approximate surface area is 86.5 Å². The molecule has 2 rings (SSSR count). The van der Waals surface area contributed by atoms with Gasteiger partial charge < -0.3 is 9.84 Å². The normalized spacial score (nSPS) is 30.0. The van der Waals surface area contributed by atoms with Gasteiger partial charge in [-0.25, -0.2) is 8.78 Å². The Bertz CT molecular complexity index is 373. The lowest BCUT2D eigenvalue weighted by Gasteiger charge is -2.43. The van der Waals surface area contributed by atoms with Crippen LogP contribution >= 0.6 is 0 Å². The first-order chi connectivity index (χ1) is 7.05. The molecule has 0 amide bonds. The van der Waals surface area contributed by atoms with E-state index in [1.807, 2.05) is 0 Å². The zero-order valence-electron chi connectivity index (χ0n) is 8.34. The first kappa shape index (κ1) is 10.5. The number of hydrogen-bond donors (Lipinski definition) is 1. The van der Waals surface area contributed by atoms with Crippen molar-refractivity contribution in [1.29, 1.82) is 0 Å². The highest BCUT2D eigenvalue weighted by Gasteiger charge is 2.45. The van der Waals surface area contributed by atoms with Crippen LogP contribution in [-0.2, 0) is 10.3 Å². The van der Waals surface area contributed by atoms with Gasteiger partial charge in [0.2, 0.25) is 0 Å². The van der Waals surface area contributed by atoms with Gasteiger partial charge in [0.05, 0.1) is 11.7 Å². The van der Waals surface area contributed by atoms with Gasteiger partial charge in [-0.15, -0.1) is 0 Å². The first-order valence-electron chi connectivity index (χ1n) is 4.76. The summed E-state index contributed by atoms with van der Waals surface area (Å²) in [6, 6.07) is 3.22. The molecule has 1 aromatic carbocycles. The highest BCUT2D eigenvalue weighted by atomic mass is 19.1.